The molecule has 7 aromatic carbocycles. The van der Waals surface area contributed by atoms with Crippen molar-refractivity contribution in [3.05, 3.63) is 163 Å². The number of nitrogens with zero attached hydrogens (tertiary/aromatic N) is 5. The van der Waals surface area contributed by atoms with Crippen LogP contribution >= 0.6 is 11.3 Å². The van der Waals surface area contributed by atoms with Crippen molar-refractivity contribution in [1.29, 1.82) is 0 Å². The molecule has 1 aliphatic carbocycles. The summed E-state index contributed by atoms with van der Waals surface area (Å²) in [5, 5.41) is 7.27. The molecular formula is C53H41N5S. The molecule has 12 rings (SSSR count). The maximum absolute atomic E-state index is 5.53. The van der Waals surface area contributed by atoms with Crippen LogP contribution in [0.4, 0.5) is 0 Å². The van der Waals surface area contributed by atoms with Crippen LogP contribution in [-0.2, 0) is 10.8 Å². The number of fused-ring (bicyclic) bond motifs is 10. The van der Waals surface area contributed by atoms with Gasteiger partial charge in [-0.2, -0.15) is 9.97 Å². The second-order valence-electron chi connectivity index (χ2n) is 17.5. The molecule has 5 nitrogen and oxygen atoms in total. The van der Waals surface area contributed by atoms with Gasteiger partial charge in [0.15, 0.2) is 11.6 Å². The molecule has 11 aromatic rings. The van der Waals surface area contributed by atoms with Gasteiger partial charge in [0.1, 0.15) is 0 Å². The topological polar surface area (TPSA) is 48.5 Å². The molecule has 0 N–H and O–H groups in total. The molecule has 4 aromatic heterocycles. The number of hydrogen-bond acceptors (Lipinski definition) is 4. The van der Waals surface area contributed by atoms with Gasteiger partial charge >= 0.3 is 0 Å². The molecule has 0 fully saturated rings. The Morgan fingerprint density at radius 1 is 0.458 bits per heavy atom. The van der Waals surface area contributed by atoms with E-state index in [0.29, 0.717) is 17.6 Å². The van der Waals surface area contributed by atoms with Crippen molar-refractivity contribution in [2.24, 2.45) is 0 Å². The van der Waals surface area contributed by atoms with Crippen LogP contribution in [0.2, 0.25) is 0 Å². The van der Waals surface area contributed by atoms with E-state index in [2.05, 4.69) is 182 Å². The Morgan fingerprint density at radius 3 is 1.85 bits per heavy atom. The second-order valence-corrected chi connectivity index (χ2v) is 18.6. The van der Waals surface area contributed by atoms with Crippen LogP contribution in [0, 0.1) is 0 Å². The Morgan fingerprint density at radius 2 is 1.05 bits per heavy atom. The van der Waals surface area contributed by atoms with Crippen molar-refractivity contribution in [3.8, 4) is 34.4 Å². The van der Waals surface area contributed by atoms with Gasteiger partial charge in [0.05, 0.1) is 22.1 Å². The molecule has 59 heavy (non-hydrogen) atoms. The SMILES string of the molecule is CC1(C)CCC(C)(C)c2cc3c(cc21)c1cc2c4ccccc4n(-c4ccccc4)c2cc1n3-c1nc(-c2ccccc2)nc(-c2cccc3sc4ccccc4c23)n1. The van der Waals surface area contributed by atoms with Gasteiger partial charge in [-0.1, -0.05) is 125 Å². The molecule has 0 spiro atoms. The van der Waals surface area contributed by atoms with E-state index in [9.17, 15) is 0 Å². The van der Waals surface area contributed by atoms with Gasteiger partial charge in [-0.15, -0.1) is 11.3 Å². The minimum Gasteiger partial charge on any atom is -0.309 e. The smallest absolute Gasteiger partial charge is 0.238 e. The number of thiophene rings is 1. The zero-order valence-electron chi connectivity index (χ0n) is 33.5. The molecule has 0 radical (unpaired) electrons. The van der Waals surface area contributed by atoms with Gasteiger partial charge in [0.25, 0.3) is 0 Å². The van der Waals surface area contributed by atoms with Crippen LogP contribution < -0.4 is 0 Å². The average Bonchev–Trinajstić information content (AvgIpc) is 3.91. The molecule has 284 valence electrons. The summed E-state index contributed by atoms with van der Waals surface area (Å²) in [6.45, 7) is 9.64. The predicted octanol–water partition coefficient (Wildman–Crippen LogP) is 14.1. The second kappa shape index (κ2) is 12.4. The number of hydrogen-bond donors (Lipinski definition) is 0. The first kappa shape index (κ1) is 34.4. The highest BCUT2D eigenvalue weighted by Crippen LogP contribution is 2.49. The minimum atomic E-state index is 0.0141. The molecule has 0 bridgehead atoms. The van der Waals surface area contributed by atoms with E-state index in [0.717, 1.165) is 46.2 Å². The molecule has 0 amide bonds. The van der Waals surface area contributed by atoms with Crippen LogP contribution in [0.1, 0.15) is 51.7 Å². The quantitative estimate of drug-likeness (QED) is 0.179. The summed E-state index contributed by atoms with van der Waals surface area (Å²) in [5.74, 6) is 1.92. The summed E-state index contributed by atoms with van der Waals surface area (Å²) in [4.78, 5) is 16.2. The van der Waals surface area contributed by atoms with E-state index >= 15 is 0 Å². The van der Waals surface area contributed by atoms with Gasteiger partial charge < -0.3 is 4.57 Å². The highest BCUT2D eigenvalue weighted by molar-refractivity contribution is 7.25. The van der Waals surface area contributed by atoms with Crippen molar-refractivity contribution in [3.63, 3.8) is 0 Å². The summed E-state index contributed by atoms with van der Waals surface area (Å²) in [5.41, 5.74) is 10.5. The molecular weight excluding hydrogens is 739 g/mol. The van der Waals surface area contributed by atoms with E-state index in [1.807, 2.05) is 17.4 Å². The fourth-order valence-corrected chi connectivity index (χ4v) is 11.0. The molecule has 0 aliphatic heterocycles. The average molecular weight is 780 g/mol. The molecule has 0 saturated carbocycles. The van der Waals surface area contributed by atoms with Gasteiger partial charge in [-0.05, 0) is 89.4 Å². The number of para-hydroxylation sites is 2. The van der Waals surface area contributed by atoms with Crippen molar-refractivity contribution >= 4 is 75.1 Å². The lowest BCUT2D eigenvalue weighted by molar-refractivity contribution is 0.332. The Kier molecular flexibility index (Phi) is 7.25. The third kappa shape index (κ3) is 5.12. The monoisotopic (exact) mass is 779 g/mol. The highest BCUT2D eigenvalue weighted by atomic mass is 32.1. The van der Waals surface area contributed by atoms with Gasteiger partial charge in [0.2, 0.25) is 5.95 Å². The fourth-order valence-electron chi connectivity index (χ4n) is 9.87. The van der Waals surface area contributed by atoms with Crippen molar-refractivity contribution in [2.75, 3.05) is 0 Å². The van der Waals surface area contributed by atoms with E-state index in [4.69, 9.17) is 15.0 Å². The molecule has 0 atom stereocenters. The van der Waals surface area contributed by atoms with Crippen molar-refractivity contribution < 1.29 is 0 Å². The highest BCUT2D eigenvalue weighted by Gasteiger charge is 2.38. The van der Waals surface area contributed by atoms with Crippen LogP contribution in [0.5, 0.6) is 0 Å². The fraction of sp³-hybridized carbons (Fsp3) is 0.151. The minimum absolute atomic E-state index is 0.0141. The van der Waals surface area contributed by atoms with E-state index in [1.165, 1.54) is 58.4 Å². The lowest BCUT2D eigenvalue weighted by Gasteiger charge is -2.42. The molecule has 6 heteroatoms. The van der Waals surface area contributed by atoms with Crippen molar-refractivity contribution in [2.45, 2.75) is 51.4 Å². The lowest BCUT2D eigenvalue weighted by Crippen LogP contribution is -2.33. The molecule has 0 unspecified atom stereocenters. The number of benzene rings is 7. The first-order valence-corrected chi connectivity index (χ1v) is 21.4. The summed E-state index contributed by atoms with van der Waals surface area (Å²) >= 11 is 1.81. The largest absolute Gasteiger partial charge is 0.309 e. The third-order valence-corrected chi connectivity index (χ3v) is 14.2. The first-order valence-electron chi connectivity index (χ1n) is 20.6. The number of aromatic nitrogens is 5. The summed E-state index contributed by atoms with van der Waals surface area (Å²) in [6.07, 6.45) is 2.27. The van der Waals surface area contributed by atoms with Gasteiger partial charge in [0, 0.05) is 58.5 Å². The Labute approximate surface area is 346 Å². The zero-order chi connectivity index (χ0) is 39.6. The maximum atomic E-state index is 5.53. The standard InChI is InChI=1S/C53H41N5S/c1-52(2)26-27-53(3,4)41-30-43-39(29-40(41)52)38-28-37-34-20-11-13-23-42(34)57(33-18-9-6-10-19-33)44(37)31-45(38)58(43)51-55-49(32-16-7-5-8-17-32)54-50(56-51)36-22-15-25-47-48(36)35-21-12-14-24-46(35)59-47/h5-25,28-31H,26-27H2,1-4H3. The predicted molar refractivity (Wildman–Crippen MR) is 248 cm³/mol. The zero-order valence-corrected chi connectivity index (χ0v) is 34.3. The molecule has 4 heterocycles. The van der Waals surface area contributed by atoms with Crippen LogP contribution in [-0.4, -0.2) is 24.1 Å². The van der Waals surface area contributed by atoms with E-state index in [1.54, 1.807) is 0 Å². The summed E-state index contributed by atoms with van der Waals surface area (Å²) < 4.78 is 7.21. The normalized spacial score (nSPS) is 14.9. The number of rotatable bonds is 4. The summed E-state index contributed by atoms with van der Waals surface area (Å²) in [7, 11) is 0. The van der Waals surface area contributed by atoms with Crippen molar-refractivity contribution in [1.82, 2.24) is 24.1 Å². The van der Waals surface area contributed by atoms with Gasteiger partial charge in [-0.3, -0.25) is 4.57 Å². The summed E-state index contributed by atoms with van der Waals surface area (Å²) in [6, 6.07) is 54.8. The molecule has 0 saturated heterocycles. The third-order valence-electron chi connectivity index (χ3n) is 13.0. The van der Waals surface area contributed by atoms with E-state index in [-0.39, 0.29) is 10.8 Å². The first-order chi connectivity index (χ1) is 28.7. The lowest BCUT2D eigenvalue weighted by atomic mass is 9.63. The van der Waals surface area contributed by atoms with Crippen LogP contribution in [0.15, 0.2) is 152 Å². The molecule has 1 aliphatic rings. The Balaban J connectivity index is 1.24. The van der Waals surface area contributed by atoms with Gasteiger partial charge in [-0.25, -0.2) is 4.98 Å². The van der Waals surface area contributed by atoms with E-state index < -0.39 is 0 Å². The maximum Gasteiger partial charge on any atom is 0.238 e. The van der Waals surface area contributed by atoms with Crippen LogP contribution in [0.25, 0.3) is 98.2 Å². The Hall–Kier alpha value is -6.63. The Bertz CT molecular complexity index is 3500. The van der Waals surface area contributed by atoms with Crippen LogP contribution in [0.3, 0.4) is 0 Å².